The van der Waals surface area contributed by atoms with Crippen molar-refractivity contribution in [2.75, 3.05) is 0 Å². The van der Waals surface area contributed by atoms with Gasteiger partial charge >= 0.3 is 5.97 Å². The first-order chi connectivity index (χ1) is 8.08. The summed E-state index contributed by atoms with van der Waals surface area (Å²) in [5, 5.41) is 11.7. The Balaban J connectivity index is 1.92. The zero-order valence-corrected chi connectivity index (χ0v) is 9.64. The second-order valence-electron chi connectivity index (χ2n) is 4.54. The molecule has 1 saturated carbocycles. The summed E-state index contributed by atoms with van der Waals surface area (Å²) in [5.41, 5.74) is 1.06. The summed E-state index contributed by atoms with van der Waals surface area (Å²) < 4.78 is 0. The molecule has 4 nitrogen and oxygen atoms in total. The maximum atomic E-state index is 11.6. The van der Waals surface area contributed by atoms with Crippen molar-refractivity contribution in [1.29, 1.82) is 0 Å². The lowest BCUT2D eigenvalue weighted by Gasteiger charge is -2.05. The molecule has 2 N–H and O–H groups in total. The molecule has 0 aliphatic heterocycles. The van der Waals surface area contributed by atoms with Crippen molar-refractivity contribution < 1.29 is 14.7 Å². The van der Waals surface area contributed by atoms with Gasteiger partial charge in [0.2, 0.25) is 5.91 Å². The fourth-order valence-electron chi connectivity index (χ4n) is 1.82. The molecule has 0 heterocycles. The first kappa shape index (κ1) is 11.6. The zero-order chi connectivity index (χ0) is 12.4. The summed E-state index contributed by atoms with van der Waals surface area (Å²) in [5.74, 6) is -0.245. The van der Waals surface area contributed by atoms with Gasteiger partial charge in [0.1, 0.15) is 0 Å². The summed E-state index contributed by atoms with van der Waals surface area (Å²) in [6, 6.07) is 6.61. The molecule has 2 rings (SSSR count). The lowest BCUT2D eigenvalue weighted by molar-refractivity contribution is -0.122. The van der Waals surface area contributed by atoms with Crippen LogP contribution in [0.25, 0.3) is 0 Å². The van der Waals surface area contributed by atoms with E-state index in [9.17, 15) is 9.59 Å². The van der Waals surface area contributed by atoms with Crippen molar-refractivity contribution in [3.8, 4) is 0 Å². The van der Waals surface area contributed by atoms with Gasteiger partial charge in [0, 0.05) is 12.5 Å². The van der Waals surface area contributed by atoms with E-state index in [0.717, 1.165) is 12.0 Å². The minimum Gasteiger partial charge on any atom is -0.478 e. The standard InChI is InChI=1S/C13H15NO3/c1-8-5-11(8)12(15)14-7-9-3-2-4-10(6-9)13(16)17/h2-4,6,8,11H,5,7H2,1H3,(H,14,15)(H,16,17)/t8-,11+/m1/s1. The summed E-state index contributed by atoms with van der Waals surface area (Å²) in [6.45, 7) is 2.44. The number of carboxylic acid groups (broad SMARTS) is 1. The van der Waals surface area contributed by atoms with Gasteiger partial charge in [0.15, 0.2) is 0 Å². The number of hydrogen-bond donors (Lipinski definition) is 2. The van der Waals surface area contributed by atoms with Gasteiger partial charge in [-0.3, -0.25) is 4.79 Å². The van der Waals surface area contributed by atoms with Crippen molar-refractivity contribution in [2.45, 2.75) is 19.9 Å². The number of hydrogen-bond acceptors (Lipinski definition) is 2. The van der Waals surface area contributed by atoms with Crippen molar-refractivity contribution >= 4 is 11.9 Å². The molecular weight excluding hydrogens is 218 g/mol. The van der Waals surface area contributed by atoms with Crippen LogP contribution in [0.15, 0.2) is 24.3 Å². The lowest BCUT2D eigenvalue weighted by Crippen LogP contribution is -2.24. The molecule has 0 saturated heterocycles. The van der Waals surface area contributed by atoms with E-state index in [1.54, 1.807) is 12.1 Å². The smallest absolute Gasteiger partial charge is 0.335 e. The van der Waals surface area contributed by atoms with Gasteiger partial charge in [0.05, 0.1) is 5.56 Å². The highest BCUT2D eigenvalue weighted by Gasteiger charge is 2.38. The average molecular weight is 233 g/mol. The number of carbonyl (C=O) groups is 2. The van der Waals surface area contributed by atoms with Crippen LogP contribution in [0.2, 0.25) is 0 Å². The predicted molar refractivity (Wildman–Crippen MR) is 62.5 cm³/mol. The van der Waals surface area contributed by atoms with E-state index in [-0.39, 0.29) is 17.4 Å². The number of rotatable bonds is 4. The lowest BCUT2D eigenvalue weighted by atomic mass is 10.1. The van der Waals surface area contributed by atoms with Crippen LogP contribution in [0.5, 0.6) is 0 Å². The number of carboxylic acids is 1. The molecule has 17 heavy (non-hydrogen) atoms. The van der Waals surface area contributed by atoms with E-state index < -0.39 is 5.97 Å². The van der Waals surface area contributed by atoms with Crippen molar-refractivity contribution in [3.63, 3.8) is 0 Å². The van der Waals surface area contributed by atoms with Crippen LogP contribution in [-0.4, -0.2) is 17.0 Å². The number of aromatic carboxylic acids is 1. The minimum absolute atomic E-state index is 0.0678. The predicted octanol–water partition coefficient (Wildman–Crippen LogP) is 1.66. The van der Waals surface area contributed by atoms with E-state index in [2.05, 4.69) is 12.2 Å². The molecule has 1 aromatic rings. The monoisotopic (exact) mass is 233 g/mol. The highest BCUT2D eigenvalue weighted by Crippen LogP contribution is 2.37. The van der Waals surface area contributed by atoms with Crippen LogP contribution in [0.3, 0.4) is 0 Å². The highest BCUT2D eigenvalue weighted by atomic mass is 16.4. The second-order valence-corrected chi connectivity index (χ2v) is 4.54. The molecule has 2 atom stereocenters. The summed E-state index contributed by atoms with van der Waals surface area (Å²) in [6.07, 6.45) is 0.959. The molecule has 4 heteroatoms. The quantitative estimate of drug-likeness (QED) is 0.831. The molecule has 1 aliphatic rings. The van der Waals surface area contributed by atoms with Crippen molar-refractivity contribution in [2.24, 2.45) is 11.8 Å². The van der Waals surface area contributed by atoms with Crippen molar-refractivity contribution in [1.82, 2.24) is 5.32 Å². The molecule has 0 aromatic heterocycles. The molecule has 1 fully saturated rings. The number of carbonyl (C=O) groups excluding carboxylic acids is 1. The van der Waals surface area contributed by atoms with Gasteiger partial charge < -0.3 is 10.4 Å². The summed E-state index contributed by atoms with van der Waals surface area (Å²) >= 11 is 0. The van der Waals surface area contributed by atoms with Crippen LogP contribution >= 0.6 is 0 Å². The van der Waals surface area contributed by atoms with Crippen LogP contribution in [0.1, 0.15) is 29.3 Å². The molecular formula is C13H15NO3. The molecule has 0 bridgehead atoms. The van der Waals surface area contributed by atoms with Gasteiger partial charge in [-0.2, -0.15) is 0 Å². The van der Waals surface area contributed by atoms with Crippen LogP contribution in [0, 0.1) is 11.8 Å². The molecule has 1 aromatic carbocycles. The maximum absolute atomic E-state index is 11.6. The third-order valence-electron chi connectivity index (χ3n) is 3.09. The molecule has 0 radical (unpaired) electrons. The number of benzene rings is 1. The third kappa shape index (κ3) is 2.84. The molecule has 1 aliphatic carbocycles. The Morgan fingerprint density at radius 2 is 2.18 bits per heavy atom. The van der Waals surface area contributed by atoms with Crippen LogP contribution < -0.4 is 5.32 Å². The van der Waals surface area contributed by atoms with Gasteiger partial charge in [-0.15, -0.1) is 0 Å². The van der Waals surface area contributed by atoms with Crippen LogP contribution in [-0.2, 0) is 11.3 Å². The van der Waals surface area contributed by atoms with E-state index >= 15 is 0 Å². The molecule has 1 amide bonds. The minimum atomic E-state index is -0.950. The number of nitrogens with one attached hydrogen (secondary N) is 1. The van der Waals surface area contributed by atoms with Crippen LogP contribution in [0.4, 0.5) is 0 Å². The molecule has 90 valence electrons. The van der Waals surface area contributed by atoms with Gasteiger partial charge in [-0.25, -0.2) is 4.79 Å². The Bertz CT molecular complexity index is 456. The Kier molecular flexibility index (Phi) is 3.13. The van der Waals surface area contributed by atoms with E-state index in [1.165, 1.54) is 6.07 Å². The Labute approximate surface area is 99.6 Å². The third-order valence-corrected chi connectivity index (χ3v) is 3.09. The van der Waals surface area contributed by atoms with E-state index in [4.69, 9.17) is 5.11 Å². The fraction of sp³-hybridized carbons (Fsp3) is 0.385. The normalized spacial score (nSPS) is 21.9. The summed E-state index contributed by atoms with van der Waals surface area (Å²) in [4.78, 5) is 22.3. The van der Waals surface area contributed by atoms with Gasteiger partial charge in [0.25, 0.3) is 0 Å². The van der Waals surface area contributed by atoms with E-state index in [0.29, 0.717) is 12.5 Å². The summed E-state index contributed by atoms with van der Waals surface area (Å²) in [7, 11) is 0. The highest BCUT2D eigenvalue weighted by molar-refractivity contribution is 5.87. The van der Waals surface area contributed by atoms with Crippen molar-refractivity contribution in [3.05, 3.63) is 35.4 Å². The second kappa shape index (κ2) is 4.57. The van der Waals surface area contributed by atoms with Gasteiger partial charge in [-0.1, -0.05) is 19.1 Å². The Morgan fingerprint density at radius 3 is 2.76 bits per heavy atom. The topological polar surface area (TPSA) is 66.4 Å². The zero-order valence-electron chi connectivity index (χ0n) is 9.64. The van der Waals surface area contributed by atoms with E-state index in [1.807, 2.05) is 6.07 Å². The fourth-order valence-corrected chi connectivity index (χ4v) is 1.82. The first-order valence-electron chi connectivity index (χ1n) is 5.68. The molecule has 0 spiro atoms. The maximum Gasteiger partial charge on any atom is 0.335 e. The Morgan fingerprint density at radius 1 is 1.47 bits per heavy atom. The molecule has 0 unspecified atom stereocenters. The average Bonchev–Trinajstić information content (AvgIpc) is 3.04. The number of amides is 1. The largest absolute Gasteiger partial charge is 0.478 e. The SMILES string of the molecule is C[C@@H]1C[C@@H]1C(=O)NCc1cccc(C(=O)O)c1. The Hall–Kier alpha value is -1.84. The first-order valence-corrected chi connectivity index (χ1v) is 5.68. The van der Waals surface area contributed by atoms with Gasteiger partial charge in [-0.05, 0) is 30.0 Å².